The van der Waals surface area contributed by atoms with Crippen LogP contribution >= 0.6 is 11.6 Å². The Kier molecular flexibility index (Phi) is 4.43. The highest BCUT2D eigenvalue weighted by Crippen LogP contribution is 2.40. The van der Waals surface area contributed by atoms with Gasteiger partial charge in [-0.1, -0.05) is 35.9 Å². The third-order valence-corrected chi connectivity index (χ3v) is 4.96. The molecule has 26 heavy (non-hydrogen) atoms. The molecule has 0 unspecified atom stereocenters. The third-order valence-electron chi connectivity index (χ3n) is 4.63. The second-order valence-corrected chi connectivity index (χ2v) is 6.97. The number of aromatic nitrogens is 2. The quantitative estimate of drug-likeness (QED) is 0.694. The first kappa shape index (κ1) is 16.7. The number of rotatable bonds is 5. The molecule has 1 aromatic heterocycles. The molecule has 4 rings (SSSR count). The minimum absolute atomic E-state index is 0.365. The minimum atomic E-state index is -0.892. The predicted molar refractivity (Wildman–Crippen MR) is 101 cm³/mol. The average molecular weight is 365 g/mol. The van der Waals surface area contributed by atoms with Gasteiger partial charge < -0.3 is 5.11 Å². The third kappa shape index (κ3) is 3.46. The van der Waals surface area contributed by atoms with Gasteiger partial charge in [-0.2, -0.15) is 0 Å². The Labute approximate surface area is 156 Å². The van der Waals surface area contributed by atoms with Crippen LogP contribution in [0.25, 0.3) is 11.4 Å². The van der Waals surface area contributed by atoms with Crippen LogP contribution in [0.1, 0.15) is 45.8 Å². The Bertz CT molecular complexity index is 966. The van der Waals surface area contributed by atoms with Crippen molar-refractivity contribution >= 4 is 17.6 Å². The van der Waals surface area contributed by atoms with E-state index in [1.165, 1.54) is 0 Å². The van der Waals surface area contributed by atoms with Crippen molar-refractivity contribution in [2.75, 3.05) is 0 Å². The van der Waals surface area contributed by atoms with E-state index in [2.05, 4.69) is 9.97 Å². The monoisotopic (exact) mass is 364 g/mol. The molecule has 3 aromatic rings. The number of carboxylic acids is 1. The fourth-order valence-electron chi connectivity index (χ4n) is 3.07. The van der Waals surface area contributed by atoms with Gasteiger partial charge in [0.1, 0.15) is 0 Å². The Balaban J connectivity index is 1.59. The summed E-state index contributed by atoms with van der Waals surface area (Å²) in [5.74, 6) is 0.193. The lowest BCUT2D eigenvalue weighted by Gasteiger charge is -2.09. The molecule has 4 nitrogen and oxygen atoms in total. The van der Waals surface area contributed by atoms with Crippen LogP contribution in [0.15, 0.2) is 54.9 Å². The summed E-state index contributed by atoms with van der Waals surface area (Å²) in [7, 11) is 0. The van der Waals surface area contributed by atoms with Crippen molar-refractivity contribution in [1.29, 1.82) is 0 Å². The van der Waals surface area contributed by atoms with E-state index in [9.17, 15) is 9.90 Å². The summed E-state index contributed by atoms with van der Waals surface area (Å²) in [6.07, 6.45) is 6.24. The molecule has 0 spiro atoms. The molecule has 0 atom stereocenters. The number of nitrogens with zero attached hydrogens (tertiary/aromatic N) is 2. The molecule has 2 aromatic carbocycles. The molecule has 1 N–H and O–H groups in total. The fraction of sp³-hybridized carbons (Fsp3) is 0.190. The van der Waals surface area contributed by atoms with Crippen LogP contribution in [-0.2, 0) is 6.42 Å². The molecule has 0 saturated heterocycles. The second-order valence-electron chi connectivity index (χ2n) is 6.57. The average Bonchev–Trinajstić information content (AvgIpc) is 3.48. The van der Waals surface area contributed by atoms with Crippen LogP contribution in [0.5, 0.6) is 0 Å². The molecule has 1 fully saturated rings. The van der Waals surface area contributed by atoms with Crippen LogP contribution in [0.2, 0.25) is 5.02 Å². The van der Waals surface area contributed by atoms with Crippen LogP contribution in [-0.4, -0.2) is 21.0 Å². The highest BCUT2D eigenvalue weighted by atomic mass is 35.5. The highest BCUT2D eigenvalue weighted by Gasteiger charge is 2.25. The van der Waals surface area contributed by atoms with Gasteiger partial charge in [-0.05, 0) is 53.6 Å². The zero-order valence-corrected chi connectivity index (χ0v) is 14.8. The first-order valence-corrected chi connectivity index (χ1v) is 8.91. The highest BCUT2D eigenvalue weighted by molar-refractivity contribution is 6.33. The van der Waals surface area contributed by atoms with Gasteiger partial charge in [0.2, 0.25) is 0 Å². The van der Waals surface area contributed by atoms with E-state index in [0.29, 0.717) is 28.7 Å². The summed E-state index contributed by atoms with van der Waals surface area (Å²) in [5, 5.41) is 10.1. The van der Waals surface area contributed by atoms with Crippen molar-refractivity contribution in [3.8, 4) is 11.4 Å². The smallest absolute Gasteiger partial charge is 0.335 e. The summed E-state index contributed by atoms with van der Waals surface area (Å²) < 4.78 is 0. The van der Waals surface area contributed by atoms with Crippen molar-refractivity contribution in [2.45, 2.75) is 25.2 Å². The first-order valence-electron chi connectivity index (χ1n) is 8.54. The summed E-state index contributed by atoms with van der Waals surface area (Å²) in [5.41, 5.74) is 3.90. The number of aromatic carboxylic acids is 1. The first-order chi connectivity index (χ1) is 12.6. The molecule has 1 saturated carbocycles. The zero-order valence-electron chi connectivity index (χ0n) is 14.0. The van der Waals surface area contributed by atoms with Crippen LogP contribution in [0.4, 0.5) is 0 Å². The Morgan fingerprint density at radius 2 is 1.85 bits per heavy atom. The molecule has 0 aliphatic heterocycles. The standard InChI is InChI=1S/C21H17ClN2O2/c22-19-4-2-1-3-17(19)20-23-11-13(12-24-20)9-16-8-7-15(14-5-6-14)10-18(16)21(25)26/h1-4,7-8,10-12,14H,5-6,9H2,(H,25,26). The number of hydrogen-bond donors (Lipinski definition) is 1. The Morgan fingerprint density at radius 3 is 2.50 bits per heavy atom. The number of hydrogen-bond acceptors (Lipinski definition) is 3. The fourth-order valence-corrected chi connectivity index (χ4v) is 3.29. The molecule has 5 heteroatoms. The molecule has 1 heterocycles. The van der Waals surface area contributed by atoms with Crippen LogP contribution in [0, 0.1) is 0 Å². The van der Waals surface area contributed by atoms with Gasteiger partial charge in [-0.15, -0.1) is 0 Å². The van der Waals surface area contributed by atoms with Gasteiger partial charge in [-0.3, -0.25) is 0 Å². The van der Waals surface area contributed by atoms with Crippen molar-refractivity contribution in [3.63, 3.8) is 0 Å². The van der Waals surface area contributed by atoms with Crippen LogP contribution < -0.4 is 0 Å². The van der Waals surface area contributed by atoms with E-state index in [4.69, 9.17) is 11.6 Å². The van der Waals surface area contributed by atoms with Gasteiger partial charge in [0.05, 0.1) is 10.6 Å². The van der Waals surface area contributed by atoms with Gasteiger partial charge in [0.25, 0.3) is 0 Å². The van der Waals surface area contributed by atoms with Crippen molar-refractivity contribution < 1.29 is 9.90 Å². The number of halogens is 1. The van der Waals surface area contributed by atoms with E-state index in [-0.39, 0.29) is 0 Å². The van der Waals surface area contributed by atoms with E-state index in [1.807, 2.05) is 36.4 Å². The topological polar surface area (TPSA) is 63.1 Å². The largest absolute Gasteiger partial charge is 0.478 e. The van der Waals surface area contributed by atoms with Crippen LogP contribution in [0.3, 0.4) is 0 Å². The summed E-state index contributed by atoms with van der Waals surface area (Å²) >= 11 is 6.18. The SMILES string of the molecule is O=C(O)c1cc(C2CC2)ccc1Cc1cnc(-c2ccccc2Cl)nc1. The lowest BCUT2D eigenvalue weighted by Crippen LogP contribution is -2.05. The Morgan fingerprint density at radius 1 is 1.12 bits per heavy atom. The molecule has 0 bridgehead atoms. The van der Waals surface area contributed by atoms with E-state index in [1.54, 1.807) is 18.5 Å². The molecule has 0 radical (unpaired) electrons. The van der Waals surface area contributed by atoms with Gasteiger partial charge in [0.15, 0.2) is 5.82 Å². The molecule has 130 valence electrons. The molecular weight excluding hydrogens is 348 g/mol. The lowest BCUT2D eigenvalue weighted by atomic mass is 9.97. The molecule has 1 aliphatic carbocycles. The van der Waals surface area contributed by atoms with Crippen molar-refractivity contribution in [2.24, 2.45) is 0 Å². The van der Waals surface area contributed by atoms with Crippen molar-refractivity contribution in [1.82, 2.24) is 9.97 Å². The van der Waals surface area contributed by atoms with Crippen molar-refractivity contribution in [3.05, 3.63) is 82.1 Å². The number of benzene rings is 2. The summed E-state index contributed by atoms with van der Waals surface area (Å²) in [6.45, 7) is 0. The molecule has 0 amide bonds. The van der Waals surface area contributed by atoms with Gasteiger partial charge in [0, 0.05) is 24.4 Å². The molecular formula is C21H17ClN2O2. The normalized spacial score (nSPS) is 13.6. The number of carbonyl (C=O) groups is 1. The number of carboxylic acid groups (broad SMARTS) is 1. The van der Waals surface area contributed by atoms with E-state index in [0.717, 1.165) is 35.1 Å². The van der Waals surface area contributed by atoms with Gasteiger partial charge >= 0.3 is 5.97 Å². The van der Waals surface area contributed by atoms with Gasteiger partial charge in [-0.25, -0.2) is 14.8 Å². The zero-order chi connectivity index (χ0) is 18.1. The Hall–Kier alpha value is -2.72. The maximum absolute atomic E-state index is 11.6. The summed E-state index contributed by atoms with van der Waals surface area (Å²) in [6, 6.07) is 13.2. The summed E-state index contributed by atoms with van der Waals surface area (Å²) in [4.78, 5) is 20.4. The maximum Gasteiger partial charge on any atom is 0.335 e. The van der Waals surface area contributed by atoms with E-state index < -0.39 is 5.97 Å². The predicted octanol–water partition coefficient (Wildman–Crippen LogP) is 4.96. The molecule has 1 aliphatic rings. The maximum atomic E-state index is 11.6. The lowest BCUT2D eigenvalue weighted by molar-refractivity contribution is 0.0695. The second kappa shape index (κ2) is 6.89. The minimum Gasteiger partial charge on any atom is -0.478 e. The van der Waals surface area contributed by atoms with E-state index >= 15 is 0 Å².